The van der Waals surface area contributed by atoms with Crippen LogP contribution in [0, 0.1) is 0 Å². The van der Waals surface area contributed by atoms with Gasteiger partial charge in [-0.15, -0.1) is 0 Å². The van der Waals surface area contributed by atoms with Crippen molar-refractivity contribution in [1.82, 2.24) is 9.80 Å². The lowest BCUT2D eigenvalue weighted by atomic mass is 10.1. The summed E-state index contributed by atoms with van der Waals surface area (Å²) in [5, 5.41) is 9.22. The Morgan fingerprint density at radius 2 is 2.06 bits per heavy atom. The van der Waals surface area contributed by atoms with Gasteiger partial charge >= 0.3 is 0 Å². The monoisotopic (exact) mass is 240 g/mol. The molecule has 2 fully saturated rings. The van der Waals surface area contributed by atoms with Crippen LogP contribution in [0.5, 0.6) is 0 Å². The van der Waals surface area contributed by atoms with E-state index in [0.29, 0.717) is 24.9 Å². The average molecular weight is 240 g/mol. The third-order valence-electron chi connectivity index (χ3n) is 4.28. The first-order chi connectivity index (χ1) is 8.08. The normalized spacial score (nSPS) is 31.4. The molecule has 0 saturated carbocycles. The molecule has 3 atom stereocenters. The number of aliphatic hydroxyl groups is 1. The molecule has 4 heteroatoms. The van der Waals surface area contributed by atoms with Gasteiger partial charge in [-0.05, 0) is 39.7 Å². The molecule has 0 aliphatic carbocycles. The Kier molecular flexibility index (Phi) is 4.05. The molecular formula is C13H24N2O2. The highest BCUT2D eigenvalue weighted by atomic mass is 16.3. The van der Waals surface area contributed by atoms with Gasteiger partial charge in [0, 0.05) is 31.6 Å². The van der Waals surface area contributed by atoms with Gasteiger partial charge in [-0.25, -0.2) is 0 Å². The van der Waals surface area contributed by atoms with Crippen molar-refractivity contribution in [3.05, 3.63) is 0 Å². The van der Waals surface area contributed by atoms with E-state index in [4.69, 9.17) is 0 Å². The standard InChI is InChI=1S/C13H24N2O2/c1-10(16)3-6-13(17)15-8-7-11-4-5-12(9-15)14(11)2/h10-12,16H,3-9H2,1-2H3. The van der Waals surface area contributed by atoms with E-state index < -0.39 is 0 Å². The zero-order valence-corrected chi connectivity index (χ0v) is 10.9. The molecule has 2 rings (SSSR count). The Hall–Kier alpha value is -0.610. The lowest BCUT2D eigenvalue weighted by Gasteiger charge is -2.26. The third kappa shape index (κ3) is 2.99. The zero-order valence-electron chi connectivity index (χ0n) is 10.9. The summed E-state index contributed by atoms with van der Waals surface area (Å²) in [6.45, 7) is 3.52. The minimum Gasteiger partial charge on any atom is -0.393 e. The third-order valence-corrected chi connectivity index (χ3v) is 4.28. The van der Waals surface area contributed by atoms with Crippen LogP contribution in [-0.2, 0) is 4.79 Å². The molecule has 2 aliphatic rings. The number of aliphatic hydroxyl groups excluding tert-OH is 1. The fourth-order valence-corrected chi connectivity index (χ4v) is 3.03. The summed E-state index contributed by atoms with van der Waals surface area (Å²) in [5.41, 5.74) is 0. The van der Waals surface area contributed by atoms with Crippen LogP contribution in [0.2, 0.25) is 0 Å². The average Bonchev–Trinajstić information content (AvgIpc) is 2.50. The first-order valence-corrected chi connectivity index (χ1v) is 6.75. The molecule has 2 heterocycles. The number of carbonyl (C=O) groups is 1. The Morgan fingerprint density at radius 3 is 2.76 bits per heavy atom. The maximum atomic E-state index is 12.0. The van der Waals surface area contributed by atoms with Crippen LogP contribution in [-0.4, -0.2) is 59.1 Å². The predicted molar refractivity (Wildman–Crippen MR) is 66.7 cm³/mol. The van der Waals surface area contributed by atoms with Crippen LogP contribution in [0.25, 0.3) is 0 Å². The smallest absolute Gasteiger partial charge is 0.222 e. The lowest BCUT2D eigenvalue weighted by Crippen LogP contribution is -2.39. The van der Waals surface area contributed by atoms with E-state index in [0.717, 1.165) is 19.5 Å². The molecule has 0 aromatic carbocycles. The highest BCUT2D eigenvalue weighted by molar-refractivity contribution is 5.76. The summed E-state index contributed by atoms with van der Waals surface area (Å²) in [6, 6.07) is 1.23. The van der Waals surface area contributed by atoms with E-state index in [2.05, 4.69) is 11.9 Å². The molecule has 17 heavy (non-hydrogen) atoms. The number of rotatable bonds is 3. The highest BCUT2D eigenvalue weighted by Gasteiger charge is 2.35. The maximum absolute atomic E-state index is 12.0. The van der Waals surface area contributed by atoms with Gasteiger partial charge in [-0.3, -0.25) is 9.69 Å². The van der Waals surface area contributed by atoms with Crippen molar-refractivity contribution in [3.63, 3.8) is 0 Å². The molecular weight excluding hydrogens is 216 g/mol. The number of carbonyl (C=O) groups excluding carboxylic acids is 1. The second-order valence-electron chi connectivity index (χ2n) is 5.57. The van der Waals surface area contributed by atoms with Gasteiger partial charge in [-0.1, -0.05) is 0 Å². The number of likely N-dealkylation sites (tertiary alicyclic amines) is 1. The van der Waals surface area contributed by atoms with Crippen molar-refractivity contribution >= 4 is 5.91 Å². The van der Waals surface area contributed by atoms with Crippen molar-refractivity contribution in [2.75, 3.05) is 20.1 Å². The van der Waals surface area contributed by atoms with E-state index in [1.54, 1.807) is 6.92 Å². The maximum Gasteiger partial charge on any atom is 0.222 e. The second kappa shape index (κ2) is 5.36. The molecule has 1 amide bonds. The van der Waals surface area contributed by atoms with Crippen molar-refractivity contribution in [3.8, 4) is 0 Å². The first kappa shape index (κ1) is 12.8. The van der Waals surface area contributed by atoms with Crippen LogP contribution in [0.1, 0.15) is 39.0 Å². The lowest BCUT2D eigenvalue weighted by molar-refractivity contribution is -0.132. The number of nitrogens with zero attached hydrogens (tertiary/aromatic N) is 2. The number of fused-ring (bicyclic) bond motifs is 2. The van der Waals surface area contributed by atoms with Crippen LogP contribution in [0.4, 0.5) is 0 Å². The Morgan fingerprint density at radius 1 is 1.35 bits per heavy atom. The summed E-state index contributed by atoms with van der Waals surface area (Å²) >= 11 is 0. The SMILES string of the molecule is CC(O)CCC(=O)N1CCC2CCC(C1)N2C. The van der Waals surface area contributed by atoms with Crippen molar-refractivity contribution in [2.45, 2.75) is 57.2 Å². The molecule has 2 bridgehead atoms. The molecule has 0 aromatic heterocycles. The van der Waals surface area contributed by atoms with Crippen molar-refractivity contribution in [1.29, 1.82) is 0 Å². The van der Waals surface area contributed by atoms with E-state index in [-0.39, 0.29) is 12.0 Å². The number of hydrogen-bond donors (Lipinski definition) is 1. The topological polar surface area (TPSA) is 43.8 Å². The van der Waals surface area contributed by atoms with E-state index in [1.807, 2.05) is 4.90 Å². The molecule has 2 aliphatic heterocycles. The quantitative estimate of drug-likeness (QED) is 0.795. The summed E-state index contributed by atoms with van der Waals surface area (Å²) in [7, 11) is 2.19. The van der Waals surface area contributed by atoms with Gasteiger partial charge in [0.15, 0.2) is 0 Å². The fraction of sp³-hybridized carbons (Fsp3) is 0.923. The van der Waals surface area contributed by atoms with Crippen LogP contribution in [0.3, 0.4) is 0 Å². The summed E-state index contributed by atoms with van der Waals surface area (Å²) in [6.07, 6.45) is 4.31. The molecule has 1 N–H and O–H groups in total. The molecule has 0 spiro atoms. The summed E-state index contributed by atoms with van der Waals surface area (Å²) < 4.78 is 0. The van der Waals surface area contributed by atoms with Gasteiger partial charge < -0.3 is 10.0 Å². The minimum atomic E-state index is -0.370. The van der Waals surface area contributed by atoms with Gasteiger partial charge in [0.05, 0.1) is 6.10 Å². The van der Waals surface area contributed by atoms with Crippen LogP contribution >= 0.6 is 0 Å². The van der Waals surface area contributed by atoms with Gasteiger partial charge in [-0.2, -0.15) is 0 Å². The van der Waals surface area contributed by atoms with Crippen molar-refractivity contribution in [2.24, 2.45) is 0 Å². The fourth-order valence-electron chi connectivity index (χ4n) is 3.03. The molecule has 3 unspecified atom stereocenters. The highest BCUT2D eigenvalue weighted by Crippen LogP contribution is 2.28. The van der Waals surface area contributed by atoms with E-state index >= 15 is 0 Å². The molecule has 2 saturated heterocycles. The van der Waals surface area contributed by atoms with Gasteiger partial charge in [0.1, 0.15) is 0 Å². The number of amides is 1. The van der Waals surface area contributed by atoms with E-state index in [9.17, 15) is 9.90 Å². The Bertz CT molecular complexity index is 281. The number of hydrogen-bond acceptors (Lipinski definition) is 3. The largest absolute Gasteiger partial charge is 0.393 e. The van der Waals surface area contributed by atoms with Gasteiger partial charge in [0.25, 0.3) is 0 Å². The number of likely N-dealkylation sites (N-methyl/N-ethyl adjacent to an activating group) is 1. The molecule has 98 valence electrons. The molecule has 4 nitrogen and oxygen atoms in total. The molecule has 0 radical (unpaired) electrons. The minimum absolute atomic E-state index is 0.215. The second-order valence-corrected chi connectivity index (χ2v) is 5.57. The van der Waals surface area contributed by atoms with Crippen molar-refractivity contribution < 1.29 is 9.90 Å². The van der Waals surface area contributed by atoms with Crippen LogP contribution in [0.15, 0.2) is 0 Å². The summed E-state index contributed by atoms with van der Waals surface area (Å²) in [4.78, 5) is 16.5. The Balaban J connectivity index is 1.88. The van der Waals surface area contributed by atoms with E-state index in [1.165, 1.54) is 12.8 Å². The zero-order chi connectivity index (χ0) is 12.4. The Labute approximate surface area is 104 Å². The first-order valence-electron chi connectivity index (χ1n) is 6.75. The van der Waals surface area contributed by atoms with Crippen LogP contribution < -0.4 is 0 Å². The molecule has 0 aromatic rings. The predicted octanol–water partition coefficient (Wildman–Crippen LogP) is 0.843. The summed E-state index contributed by atoms with van der Waals surface area (Å²) in [5.74, 6) is 0.215. The van der Waals surface area contributed by atoms with Gasteiger partial charge in [0.2, 0.25) is 5.91 Å².